The number of pyridine rings is 3. The summed E-state index contributed by atoms with van der Waals surface area (Å²) in [6, 6.07) is 13.5. The first kappa shape index (κ1) is 18.8. The summed E-state index contributed by atoms with van der Waals surface area (Å²) in [7, 11) is 0. The van der Waals surface area contributed by atoms with Gasteiger partial charge >= 0.3 is 0 Å². The molecular formula is C31H33N7O. The molecule has 0 bridgehead atoms. The van der Waals surface area contributed by atoms with Crippen LogP contribution in [0.2, 0.25) is 0 Å². The highest BCUT2D eigenvalue weighted by atomic mass is 16.3. The van der Waals surface area contributed by atoms with Crippen molar-refractivity contribution >= 4 is 56.5 Å². The molecule has 8 heteroatoms. The van der Waals surface area contributed by atoms with E-state index >= 15 is 0 Å². The smallest absolute Gasteiger partial charge is 0.227 e. The van der Waals surface area contributed by atoms with Crippen LogP contribution < -0.4 is 19.6 Å². The molecule has 2 aliphatic rings. The van der Waals surface area contributed by atoms with E-state index in [1.165, 1.54) is 0 Å². The lowest BCUT2D eigenvalue weighted by molar-refractivity contribution is 0.642. The van der Waals surface area contributed by atoms with Crippen LogP contribution in [0.1, 0.15) is 45.7 Å². The molecule has 0 amide bonds. The topological polar surface area (TPSA) is 64.8 Å². The lowest BCUT2D eigenvalue weighted by atomic mass is 10.0. The Labute approximate surface area is 235 Å². The largest absolute Gasteiger partial charge is 0.435 e. The highest BCUT2D eigenvalue weighted by Crippen LogP contribution is 2.52. The lowest BCUT2D eigenvalue weighted by Gasteiger charge is -2.33. The van der Waals surface area contributed by atoms with Gasteiger partial charge in [0.2, 0.25) is 5.71 Å². The Kier molecular flexibility index (Phi) is 4.15. The summed E-state index contributed by atoms with van der Waals surface area (Å²) in [5.74, 6) is 1.29. The number of aromatic nitrogens is 3. The molecule has 8 nitrogen and oxygen atoms in total. The Balaban J connectivity index is 1.53. The van der Waals surface area contributed by atoms with Gasteiger partial charge < -0.3 is 24.0 Å². The molecular weight excluding hydrogens is 486 g/mol. The molecule has 5 aromatic rings. The van der Waals surface area contributed by atoms with Crippen LogP contribution in [-0.2, 0) is 0 Å². The molecule has 2 aliphatic heterocycles. The van der Waals surface area contributed by atoms with E-state index in [4.69, 9.17) is 26.2 Å². The van der Waals surface area contributed by atoms with Crippen molar-refractivity contribution in [1.29, 1.82) is 0 Å². The summed E-state index contributed by atoms with van der Waals surface area (Å²) in [5.41, 5.74) is 5.81. The third-order valence-electron chi connectivity index (χ3n) is 8.01. The summed E-state index contributed by atoms with van der Waals surface area (Å²) in [6.07, 6.45) is 2.62. The van der Waals surface area contributed by atoms with Gasteiger partial charge in [0.05, 0.1) is 22.7 Å². The maximum absolute atomic E-state index is 8.66. The summed E-state index contributed by atoms with van der Waals surface area (Å²) < 4.78 is 48.0. The fraction of sp³-hybridized carbons (Fsp3) is 0.323. The molecule has 0 spiro atoms. The average Bonchev–Trinajstić information content (AvgIpc) is 3.54. The molecule has 0 fully saturated rings. The normalized spacial score (nSPS) is 21.1. The third-order valence-corrected chi connectivity index (χ3v) is 8.01. The van der Waals surface area contributed by atoms with Gasteiger partial charge in [-0.25, -0.2) is 15.0 Å². The van der Waals surface area contributed by atoms with Gasteiger partial charge in [0.1, 0.15) is 12.3 Å². The molecule has 7 rings (SSSR count). The van der Waals surface area contributed by atoms with Crippen molar-refractivity contribution in [3.8, 4) is 0 Å². The van der Waals surface area contributed by atoms with Crippen LogP contribution in [0.5, 0.6) is 0 Å². The van der Waals surface area contributed by atoms with Crippen LogP contribution in [0.4, 0.5) is 34.4 Å². The maximum Gasteiger partial charge on any atom is 0.227 e. The highest BCUT2D eigenvalue weighted by molar-refractivity contribution is 6.12. The minimum atomic E-state index is -2.19. The predicted octanol–water partition coefficient (Wildman–Crippen LogP) is 7.04. The second-order valence-electron chi connectivity index (χ2n) is 10.1. The van der Waals surface area contributed by atoms with E-state index in [0.717, 1.165) is 39.1 Å². The summed E-state index contributed by atoms with van der Waals surface area (Å²) in [5, 5.41) is 1.68. The molecule has 4 aromatic heterocycles. The summed E-state index contributed by atoms with van der Waals surface area (Å²) in [6.45, 7) is 5.44. The Bertz CT molecular complexity index is 1940. The molecule has 0 radical (unpaired) electrons. The zero-order valence-corrected chi connectivity index (χ0v) is 22.6. The van der Waals surface area contributed by atoms with Gasteiger partial charge in [-0.2, -0.15) is 0 Å². The molecule has 0 aliphatic carbocycles. The number of rotatable bonds is 4. The van der Waals surface area contributed by atoms with Crippen LogP contribution in [0, 0.1) is 13.8 Å². The number of aryl methyl sites for hydroxylation is 1. The fourth-order valence-corrected chi connectivity index (χ4v) is 6.19. The Morgan fingerprint density at radius 1 is 0.897 bits per heavy atom. The minimum absolute atomic E-state index is 0.146. The van der Waals surface area contributed by atoms with Crippen molar-refractivity contribution in [1.82, 2.24) is 15.0 Å². The minimum Gasteiger partial charge on any atom is -0.435 e. The first-order valence-corrected chi connectivity index (χ1v) is 13.1. The quantitative estimate of drug-likeness (QED) is 0.248. The zero-order valence-electron chi connectivity index (χ0n) is 27.6. The Morgan fingerprint density at radius 2 is 1.59 bits per heavy atom. The predicted molar refractivity (Wildman–Crippen MR) is 159 cm³/mol. The molecule has 198 valence electrons. The monoisotopic (exact) mass is 524 g/mol. The van der Waals surface area contributed by atoms with Gasteiger partial charge in [0.25, 0.3) is 0 Å². The fourth-order valence-electron chi connectivity index (χ4n) is 6.19. The lowest BCUT2D eigenvalue weighted by Crippen LogP contribution is -2.40. The number of hydrogen-bond acceptors (Lipinski definition) is 8. The molecule has 0 N–H and O–H groups in total. The van der Waals surface area contributed by atoms with Gasteiger partial charge in [0, 0.05) is 54.3 Å². The van der Waals surface area contributed by atoms with Crippen LogP contribution in [0.25, 0.3) is 22.1 Å². The zero-order chi connectivity index (χ0) is 31.3. The number of anilines is 6. The average molecular weight is 525 g/mol. The van der Waals surface area contributed by atoms with E-state index in [9.17, 15) is 0 Å². The second kappa shape index (κ2) is 8.59. The molecule has 39 heavy (non-hydrogen) atoms. The Morgan fingerprint density at radius 3 is 2.31 bits per heavy atom. The van der Waals surface area contributed by atoms with Gasteiger partial charge in [0.15, 0.2) is 17.2 Å². The van der Waals surface area contributed by atoms with E-state index in [1.807, 2.05) is 69.0 Å². The third kappa shape index (κ3) is 3.20. The van der Waals surface area contributed by atoms with Crippen LogP contribution in [0.15, 0.2) is 59.3 Å². The first-order chi connectivity index (χ1) is 20.8. The molecule has 0 saturated heterocycles. The number of nitrogens with zero attached hydrogens (tertiary/aromatic N) is 7. The van der Waals surface area contributed by atoms with E-state index < -0.39 is 25.7 Å². The van der Waals surface area contributed by atoms with Gasteiger partial charge in [-0.3, -0.25) is 0 Å². The first-order valence-electron chi connectivity index (χ1n) is 15.6. The standard InChI is InChI=1S/C31H33N7O/c1-7-35-20(5)37(29-24(35)11-9-15-32-29)26-17-23-22-14-13-18(3)34-31(22)39-28(23)27(19(26)4)38-21(6)36(8-2)25-12-10-16-33-30(25)38/h9-17,20-21H,7-8H2,1-6H3/t20-,21+/m1/s1/i2D3,7D2. The number of furan rings is 1. The number of benzene rings is 1. The summed E-state index contributed by atoms with van der Waals surface area (Å²) in [4.78, 5) is 21.9. The van der Waals surface area contributed by atoms with Crippen molar-refractivity contribution < 1.29 is 11.3 Å². The van der Waals surface area contributed by atoms with E-state index in [-0.39, 0.29) is 6.54 Å². The molecule has 0 saturated carbocycles. The highest BCUT2D eigenvalue weighted by Gasteiger charge is 2.40. The summed E-state index contributed by atoms with van der Waals surface area (Å²) >= 11 is 0. The van der Waals surface area contributed by atoms with Crippen molar-refractivity contribution in [3.63, 3.8) is 0 Å². The van der Waals surface area contributed by atoms with Crippen LogP contribution in [-0.4, -0.2) is 40.3 Å². The number of fused-ring (bicyclic) bond motifs is 5. The van der Waals surface area contributed by atoms with Gasteiger partial charge in [-0.1, -0.05) is 0 Å². The van der Waals surface area contributed by atoms with Gasteiger partial charge in [-0.15, -0.1) is 0 Å². The van der Waals surface area contributed by atoms with Crippen LogP contribution >= 0.6 is 0 Å². The van der Waals surface area contributed by atoms with Crippen molar-refractivity contribution in [2.24, 2.45) is 0 Å². The Hall–Kier alpha value is -4.33. The van der Waals surface area contributed by atoms with E-state index in [1.54, 1.807) is 24.2 Å². The van der Waals surface area contributed by atoms with Gasteiger partial charge in [-0.05, 0) is 83.9 Å². The van der Waals surface area contributed by atoms with E-state index in [0.29, 0.717) is 28.6 Å². The van der Waals surface area contributed by atoms with E-state index in [2.05, 4.69) is 15.9 Å². The molecule has 1 aromatic carbocycles. The second-order valence-corrected chi connectivity index (χ2v) is 10.1. The SMILES string of the molecule is [2H]C([2H])([2H])CN1c2cccnc2N(c2c(C)c(N3c4ncccc4N(C([2H])([2H])C)[C@H]3C)cc3c2oc2nc(C)ccc23)[C@H]1C. The molecule has 0 unspecified atom stereocenters. The van der Waals surface area contributed by atoms with Crippen LogP contribution in [0.3, 0.4) is 0 Å². The van der Waals surface area contributed by atoms with Crippen molar-refractivity contribution in [2.45, 2.75) is 53.8 Å². The van der Waals surface area contributed by atoms with Crippen molar-refractivity contribution in [2.75, 3.05) is 32.6 Å². The maximum atomic E-state index is 8.66. The molecule has 2 atom stereocenters. The van der Waals surface area contributed by atoms with Crippen molar-refractivity contribution in [3.05, 3.63) is 66.1 Å². The molecule has 6 heterocycles. The number of hydrogen-bond donors (Lipinski definition) is 0.